The molecule has 1 N–H and O–H groups in total. The fourth-order valence-corrected chi connectivity index (χ4v) is 3.31. The summed E-state index contributed by atoms with van der Waals surface area (Å²) >= 11 is 5.84. The van der Waals surface area contributed by atoms with E-state index in [0.717, 1.165) is 42.1 Å². The minimum atomic E-state index is 0.0117. The van der Waals surface area contributed by atoms with Gasteiger partial charge in [-0.15, -0.1) is 0 Å². The van der Waals surface area contributed by atoms with Crippen molar-refractivity contribution in [2.75, 3.05) is 26.4 Å². The van der Waals surface area contributed by atoms with E-state index in [9.17, 15) is 4.79 Å². The number of hydrogen-bond acceptors (Lipinski definition) is 5. The molecule has 2 aliphatic rings. The number of hydrogen-bond donors (Lipinski definition) is 1. The number of amides is 1. The lowest BCUT2D eigenvalue weighted by atomic mass is 10.0. The Morgan fingerprint density at radius 3 is 2.89 bits per heavy atom. The largest absolute Gasteiger partial charge is 0.454 e. The van der Waals surface area contributed by atoms with Gasteiger partial charge in [0.1, 0.15) is 5.15 Å². The number of halogens is 1. The second-order valence-electron chi connectivity index (χ2n) is 6.55. The first-order valence-electron chi connectivity index (χ1n) is 8.86. The van der Waals surface area contributed by atoms with Crippen LogP contribution in [-0.4, -0.2) is 42.2 Å². The number of aromatic nitrogens is 1. The lowest BCUT2D eigenvalue weighted by Crippen LogP contribution is -2.39. The smallest absolute Gasteiger partial charge is 0.234 e. The normalized spacial score (nSPS) is 16.1. The molecule has 4 rings (SSSR count). The number of benzene rings is 1. The first-order valence-corrected chi connectivity index (χ1v) is 9.24. The molecule has 0 atom stereocenters. The Morgan fingerprint density at radius 1 is 1.22 bits per heavy atom. The van der Waals surface area contributed by atoms with Crippen molar-refractivity contribution in [2.24, 2.45) is 0 Å². The van der Waals surface area contributed by atoms with Crippen molar-refractivity contribution in [3.05, 3.63) is 58.9 Å². The molecule has 0 saturated heterocycles. The van der Waals surface area contributed by atoms with Gasteiger partial charge in [0.05, 0.1) is 6.54 Å². The predicted molar refractivity (Wildman–Crippen MR) is 103 cm³/mol. The van der Waals surface area contributed by atoms with Crippen LogP contribution >= 0.6 is 11.6 Å². The lowest BCUT2D eigenvalue weighted by Gasteiger charge is -2.25. The number of rotatable bonds is 5. The van der Waals surface area contributed by atoms with Gasteiger partial charge in [-0.1, -0.05) is 29.8 Å². The number of carbonyl (C=O) groups is 1. The average molecular weight is 386 g/mol. The van der Waals surface area contributed by atoms with Crippen LogP contribution in [0, 0.1) is 0 Å². The van der Waals surface area contributed by atoms with Crippen LogP contribution in [0.4, 0.5) is 0 Å². The number of nitrogens with one attached hydrogen (secondary N) is 1. The van der Waals surface area contributed by atoms with Gasteiger partial charge in [-0.05, 0) is 41.3 Å². The fourth-order valence-electron chi connectivity index (χ4n) is 3.19. The lowest BCUT2D eigenvalue weighted by molar-refractivity contribution is -0.122. The summed E-state index contributed by atoms with van der Waals surface area (Å²) < 4.78 is 10.7. The maximum Gasteiger partial charge on any atom is 0.234 e. The first kappa shape index (κ1) is 17.8. The van der Waals surface area contributed by atoms with Gasteiger partial charge < -0.3 is 14.8 Å². The summed E-state index contributed by atoms with van der Waals surface area (Å²) in [5.74, 6) is 1.49. The van der Waals surface area contributed by atoms with Crippen LogP contribution in [0.2, 0.25) is 5.15 Å². The zero-order valence-electron chi connectivity index (χ0n) is 14.8. The zero-order chi connectivity index (χ0) is 18.6. The van der Waals surface area contributed by atoms with Crippen molar-refractivity contribution in [3.63, 3.8) is 0 Å². The summed E-state index contributed by atoms with van der Waals surface area (Å²) in [7, 11) is 0. The van der Waals surface area contributed by atoms with E-state index in [4.69, 9.17) is 21.1 Å². The molecule has 0 fully saturated rings. The van der Waals surface area contributed by atoms with E-state index in [-0.39, 0.29) is 12.7 Å². The molecule has 0 radical (unpaired) electrons. The van der Waals surface area contributed by atoms with E-state index >= 15 is 0 Å². The summed E-state index contributed by atoms with van der Waals surface area (Å²) in [5, 5.41) is 3.46. The van der Waals surface area contributed by atoms with Gasteiger partial charge in [-0.3, -0.25) is 9.69 Å². The van der Waals surface area contributed by atoms with Gasteiger partial charge in [0.2, 0.25) is 12.7 Å². The van der Waals surface area contributed by atoms with E-state index < -0.39 is 0 Å². The van der Waals surface area contributed by atoms with Gasteiger partial charge in [0, 0.05) is 25.8 Å². The molecule has 27 heavy (non-hydrogen) atoms. The Bertz CT molecular complexity index is 867. The summed E-state index contributed by atoms with van der Waals surface area (Å²) in [4.78, 5) is 18.5. The third-order valence-electron chi connectivity index (χ3n) is 4.69. The molecule has 2 aromatic rings. The standard InChI is InChI=1S/C20H20ClN3O3/c21-19-4-2-16(11-22-19)15-5-7-24(8-6-15)12-20(25)23-10-14-1-3-17-18(9-14)27-13-26-17/h1-5,9,11H,6-8,10,12-13H2,(H,23,25). The van der Waals surface area contributed by atoms with Crippen LogP contribution in [0.5, 0.6) is 11.5 Å². The molecule has 0 saturated carbocycles. The minimum absolute atomic E-state index is 0.0117. The summed E-state index contributed by atoms with van der Waals surface area (Å²) in [6.07, 6.45) is 4.83. The van der Waals surface area contributed by atoms with Crippen molar-refractivity contribution in [1.82, 2.24) is 15.2 Å². The molecular weight excluding hydrogens is 366 g/mol. The van der Waals surface area contributed by atoms with E-state index in [0.29, 0.717) is 18.2 Å². The Balaban J connectivity index is 1.26. The SMILES string of the molecule is O=C(CN1CC=C(c2ccc(Cl)nc2)CC1)NCc1ccc2c(c1)OCO2. The van der Waals surface area contributed by atoms with Crippen LogP contribution in [0.25, 0.3) is 5.57 Å². The third-order valence-corrected chi connectivity index (χ3v) is 4.91. The van der Waals surface area contributed by atoms with Gasteiger partial charge in [-0.2, -0.15) is 0 Å². The van der Waals surface area contributed by atoms with E-state index in [1.54, 1.807) is 12.3 Å². The summed E-state index contributed by atoms with van der Waals surface area (Å²) in [5.41, 5.74) is 3.33. The van der Waals surface area contributed by atoms with Gasteiger partial charge in [-0.25, -0.2) is 4.98 Å². The molecule has 0 spiro atoms. The van der Waals surface area contributed by atoms with E-state index in [2.05, 4.69) is 21.3 Å². The second-order valence-corrected chi connectivity index (χ2v) is 6.94. The zero-order valence-corrected chi connectivity index (χ0v) is 15.5. The fraction of sp³-hybridized carbons (Fsp3) is 0.300. The number of fused-ring (bicyclic) bond motifs is 1. The molecule has 3 heterocycles. The molecule has 1 aromatic heterocycles. The van der Waals surface area contributed by atoms with Crippen LogP contribution in [0.1, 0.15) is 17.5 Å². The van der Waals surface area contributed by atoms with Gasteiger partial charge in [0.25, 0.3) is 0 Å². The van der Waals surface area contributed by atoms with E-state index in [1.807, 2.05) is 24.3 Å². The second kappa shape index (κ2) is 7.98. The average Bonchev–Trinajstić information content (AvgIpc) is 3.15. The molecule has 140 valence electrons. The van der Waals surface area contributed by atoms with Crippen LogP contribution in [-0.2, 0) is 11.3 Å². The first-order chi connectivity index (χ1) is 13.2. The Morgan fingerprint density at radius 2 is 2.11 bits per heavy atom. The maximum atomic E-state index is 12.3. The van der Waals surface area contributed by atoms with Crippen molar-refractivity contribution in [2.45, 2.75) is 13.0 Å². The third kappa shape index (κ3) is 4.40. The molecule has 2 aliphatic heterocycles. The highest BCUT2D eigenvalue weighted by molar-refractivity contribution is 6.29. The topological polar surface area (TPSA) is 63.7 Å². The van der Waals surface area contributed by atoms with Gasteiger partial charge >= 0.3 is 0 Å². The maximum absolute atomic E-state index is 12.3. The van der Waals surface area contributed by atoms with Gasteiger partial charge in [0.15, 0.2) is 11.5 Å². The number of ether oxygens (including phenoxy) is 2. The van der Waals surface area contributed by atoms with Crippen molar-refractivity contribution >= 4 is 23.1 Å². The minimum Gasteiger partial charge on any atom is -0.454 e. The Labute approximate surface area is 162 Å². The highest BCUT2D eigenvalue weighted by Crippen LogP contribution is 2.32. The molecule has 0 aliphatic carbocycles. The molecule has 7 heteroatoms. The highest BCUT2D eigenvalue weighted by Gasteiger charge is 2.17. The van der Waals surface area contributed by atoms with Crippen molar-refractivity contribution in [1.29, 1.82) is 0 Å². The Kier molecular flexibility index (Phi) is 5.27. The quantitative estimate of drug-likeness (QED) is 0.802. The molecule has 1 aromatic carbocycles. The number of pyridine rings is 1. The monoisotopic (exact) mass is 385 g/mol. The number of nitrogens with zero attached hydrogens (tertiary/aromatic N) is 2. The molecule has 6 nitrogen and oxygen atoms in total. The summed E-state index contributed by atoms with van der Waals surface area (Å²) in [6, 6.07) is 9.48. The van der Waals surface area contributed by atoms with Crippen molar-refractivity contribution < 1.29 is 14.3 Å². The molecule has 1 amide bonds. The Hall–Kier alpha value is -2.57. The van der Waals surface area contributed by atoms with Crippen LogP contribution in [0.3, 0.4) is 0 Å². The summed E-state index contributed by atoms with van der Waals surface area (Å²) in [6.45, 7) is 2.69. The van der Waals surface area contributed by atoms with Crippen LogP contribution in [0.15, 0.2) is 42.6 Å². The predicted octanol–water partition coefficient (Wildman–Crippen LogP) is 2.87. The van der Waals surface area contributed by atoms with Crippen molar-refractivity contribution in [3.8, 4) is 11.5 Å². The number of carbonyl (C=O) groups excluding carboxylic acids is 1. The molecule has 0 unspecified atom stereocenters. The van der Waals surface area contributed by atoms with E-state index in [1.165, 1.54) is 5.57 Å². The van der Waals surface area contributed by atoms with Crippen LogP contribution < -0.4 is 14.8 Å². The molecule has 0 bridgehead atoms. The molecular formula is C20H20ClN3O3. The highest BCUT2D eigenvalue weighted by atomic mass is 35.5.